The van der Waals surface area contributed by atoms with Gasteiger partial charge in [-0.25, -0.2) is 0 Å². The van der Waals surface area contributed by atoms with Gasteiger partial charge in [0.2, 0.25) is 0 Å². The van der Waals surface area contributed by atoms with E-state index in [4.69, 9.17) is 0 Å². The van der Waals surface area contributed by atoms with E-state index in [-0.39, 0.29) is 0 Å². The average Bonchev–Trinajstić information content (AvgIpc) is 2.06. The van der Waals surface area contributed by atoms with Crippen molar-refractivity contribution in [2.24, 2.45) is 4.99 Å². The zero-order valence-electron chi connectivity index (χ0n) is 9.46. The number of allylic oxidation sites excluding steroid dienone is 3. The maximum Gasteiger partial charge on any atom is 0.0654 e. The molecular weight excluding hydrogens is 158 g/mol. The Balaban J connectivity index is 4.47. The van der Waals surface area contributed by atoms with Crippen LogP contribution in [0.15, 0.2) is 28.8 Å². The Labute approximate surface area is 82.3 Å². The van der Waals surface area contributed by atoms with Crippen LogP contribution < -0.4 is 0 Å². The maximum absolute atomic E-state index is 4.57. The van der Waals surface area contributed by atoms with E-state index < -0.39 is 0 Å². The molecule has 13 heavy (non-hydrogen) atoms. The molecule has 0 bridgehead atoms. The molecule has 0 spiro atoms. The average molecular weight is 179 g/mol. The molecule has 0 fully saturated rings. The second-order valence-electron chi connectivity index (χ2n) is 3.15. The zero-order chi connectivity index (χ0) is 10.3. The second kappa shape index (κ2) is 6.64. The molecule has 0 aromatic carbocycles. The van der Waals surface area contributed by atoms with Crippen LogP contribution in [0.3, 0.4) is 0 Å². The van der Waals surface area contributed by atoms with Crippen LogP contribution in [-0.2, 0) is 0 Å². The first-order chi connectivity index (χ1) is 6.15. The van der Waals surface area contributed by atoms with Crippen molar-refractivity contribution in [3.05, 3.63) is 23.8 Å². The summed E-state index contributed by atoms with van der Waals surface area (Å²) in [5, 5.41) is 0. The molecule has 0 aromatic rings. The molecule has 0 saturated carbocycles. The molecule has 0 rings (SSSR count). The lowest BCUT2D eigenvalue weighted by Gasteiger charge is -2.06. The van der Waals surface area contributed by atoms with E-state index >= 15 is 0 Å². The summed E-state index contributed by atoms with van der Waals surface area (Å²) >= 11 is 0. The molecule has 1 heteroatoms. The Morgan fingerprint density at radius 1 is 1.38 bits per heavy atom. The van der Waals surface area contributed by atoms with Crippen LogP contribution in [-0.4, -0.2) is 11.8 Å². The molecule has 0 heterocycles. The van der Waals surface area contributed by atoms with E-state index in [9.17, 15) is 0 Å². The number of rotatable bonds is 4. The third-order valence-electron chi connectivity index (χ3n) is 2.06. The Morgan fingerprint density at radius 2 is 2.00 bits per heavy atom. The Morgan fingerprint density at radius 3 is 2.38 bits per heavy atom. The number of nitrogens with zero attached hydrogens (tertiary/aromatic N) is 1. The van der Waals surface area contributed by atoms with Gasteiger partial charge in [0.15, 0.2) is 0 Å². The Bertz CT molecular complexity index is 221. The highest BCUT2D eigenvalue weighted by atomic mass is 14.8. The highest BCUT2D eigenvalue weighted by Crippen LogP contribution is 2.05. The van der Waals surface area contributed by atoms with Crippen molar-refractivity contribution < 1.29 is 0 Å². The van der Waals surface area contributed by atoms with Gasteiger partial charge in [0.25, 0.3) is 0 Å². The first kappa shape index (κ1) is 12.2. The Kier molecular flexibility index (Phi) is 6.21. The fourth-order valence-corrected chi connectivity index (χ4v) is 1.38. The quantitative estimate of drug-likeness (QED) is 0.460. The van der Waals surface area contributed by atoms with Gasteiger partial charge in [-0.2, -0.15) is 0 Å². The monoisotopic (exact) mass is 179 g/mol. The van der Waals surface area contributed by atoms with Crippen LogP contribution >= 0.6 is 0 Å². The smallest absolute Gasteiger partial charge is 0.0654 e. The molecule has 0 aliphatic rings. The molecule has 1 unspecified atom stereocenters. The highest BCUT2D eigenvalue weighted by Gasteiger charge is 1.98. The summed E-state index contributed by atoms with van der Waals surface area (Å²) in [5.41, 5.74) is 2.51. The van der Waals surface area contributed by atoms with Gasteiger partial charge in [-0.15, -0.1) is 0 Å². The van der Waals surface area contributed by atoms with Crippen LogP contribution in [0.2, 0.25) is 0 Å². The molecule has 1 nitrogen and oxygen atoms in total. The van der Waals surface area contributed by atoms with Crippen LogP contribution in [0.4, 0.5) is 0 Å². The number of hydrogen-bond donors (Lipinski definition) is 0. The molecule has 0 aliphatic heterocycles. The van der Waals surface area contributed by atoms with Gasteiger partial charge in [-0.05, 0) is 39.7 Å². The molecule has 0 saturated heterocycles. The zero-order valence-corrected chi connectivity index (χ0v) is 9.46. The predicted molar refractivity (Wildman–Crippen MR) is 61.4 cm³/mol. The molecule has 0 radical (unpaired) electrons. The predicted octanol–water partition coefficient (Wildman–Crippen LogP) is 3.77. The van der Waals surface area contributed by atoms with Crippen LogP contribution in [0.25, 0.3) is 0 Å². The molecule has 0 aromatic heterocycles. The first-order valence-corrected chi connectivity index (χ1v) is 4.98. The van der Waals surface area contributed by atoms with Gasteiger partial charge in [-0.3, -0.25) is 4.99 Å². The topological polar surface area (TPSA) is 12.4 Å². The SMILES string of the molecule is CC=CC(C)N=C(C)/C(=C\C)CC. The normalized spacial score (nSPS) is 16.7. The fraction of sp³-hybridized carbons (Fsp3) is 0.583. The van der Waals surface area contributed by atoms with Gasteiger partial charge in [0.1, 0.15) is 0 Å². The lowest BCUT2D eigenvalue weighted by molar-refractivity contribution is 0.919. The van der Waals surface area contributed by atoms with Crippen molar-refractivity contribution in [2.75, 3.05) is 0 Å². The summed E-state index contributed by atoms with van der Waals surface area (Å²) in [6.45, 7) is 10.4. The summed E-state index contributed by atoms with van der Waals surface area (Å²) in [5.74, 6) is 0. The summed E-state index contributed by atoms with van der Waals surface area (Å²) in [6, 6.07) is 0.298. The largest absolute Gasteiger partial charge is 0.283 e. The highest BCUT2D eigenvalue weighted by molar-refractivity contribution is 5.98. The molecular formula is C12H21N. The van der Waals surface area contributed by atoms with E-state index in [1.165, 1.54) is 5.57 Å². The lowest BCUT2D eigenvalue weighted by atomic mass is 10.1. The third kappa shape index (κ3) is 4.66. The summed E-state index contributed by atoms with van der Waals surface area (Å²) in [6.07, 6.45) is 7.35. The van der Waals surface area contributed by atoms with Crippen molar-refractivity contribution in [2.45, 2.75) is 47.1 Å². The van der Waals surface area contributed by atoms with E-state index in [0.29, 0.717) is 6.04 Å². The van der Waals surface area contributed by atoms with Gasteiger partial charge in [-0.1, -0.05) is 25.2 Å². The number of hydrogen-bond acceptors (Lipinski definition) is 1. The molecule has 74 valence electrons. The maximum atomic E-state index is 4.57. The summed E-state index contributed by atoms with van der Waals surface area (Å²) < 4.78 is 0. The minimum Gasteiger partial charge on any atom is -0.283 e. The van der Waals surface area contributed by atoms with Crippen LogP contribution in [0.1, 0.15) is 41.0 Å². The third-order valence-corrected chi connectivity index (χ3v) is 2.06. The second-order valence-corrected chi connectivity index (χ2v) is 3.15. The minimum atomic E-state index is 0.298. The van der Waals surface area contributed by atoms with Crippen molar-refractivity contribution in [1.82, 2.24) is 0 Å². The van der Waals surface area contributed by atoms with Crippen LogP contribution in [0.5, 0.6) is 0 Å². The van der Waals surface area contributed by atoms with Crippen molar-refractivity contribution >= 4 is 5.71 Å². The van der Waals surface area contributed by atoms with Gasteiger partial charge < -0.3 is 0 Å². The van der Waals surface area contributed by atoms with Crippen LogP contribution in [0, 0.1) is 0 Å². The van der Waals surface area contributed by atoms with E-state index in [2.05, 4.69) is 44.8 Å². The number of aliphatic imine (C=N–C) groups is 1. The van der Waals surface area contributed by atoms with Crippen molar-refractivity contribution in [1.29, 1.82) is 0 Å². The molecule has 1 atom stereocenters. The van der Waals surface area contributed by atoms with Gasteiger partial charge >= 0.3 is 0 Å². The van der Waals surface area contributed by atoms with E-state index in [0.717, 1.165) is 12.1 Å². The standard InChI is InChI=1S/C12H21N/c1-6-9-10(4)13-11(5)12(7-2)8-3/h6-7,9-10H,8H2,1-5H3/b9-6?,12-7-,13-11?. The minimum absolute atomic E-state index is 0.298. The molecule has 0 aliphatic carbocycles. The fourth-order valence-electron chi connectivity index (χ4n) is 1.38. The summed E-state index contributed by atoms with van der Waals surface area (Å²) in [7, 11) is 0. The molecule has 0 N–H and O–H groups in total. The van der Waals surface area contributed by atoms with Crippen molar-refractivity contribution in [3.8, 4) is 0 Å². The van der Waals surface area contributed by atoms with E-state index in [1.54, 1.807) is 0 Å². The lowest BCUT2D eigenvalue weighted by Crippen LogP contribution is -2.02. The Hall–Kier alpha value is -0.850. The van der Waals surface area contributed by atoms with Gasteiger partial charge in [0.05, 0.1) is 6.04 Å². The van der Waals surface area contributed by atoms with E-state index in [1.807, 2.05) is 13.0 Å². The summed E-state index contributed by atoms with van der Waals surface area (Å²) in [4.78, 5) is 4.57. The van der Waals surface area contributed by atoms with Crippen molar-refractivity contribution in [3.63, 3.8) is 0 Å². The molecule has 0 amide bonds. The first-order valence-electron chi connectivity index (χ1n) is 4.98. The van der Waals surface area contributed by atoms with Gasteiger partial charge in [0, 0.05) is 5.71 Å².